The third kappa shape index (κ3) is 2.24. The van der Waals surface area contributed by atoms with E-state index in [9.17, 15) is 0 Å². The third-order valence-electron chi connectivity index (χ3n) is 2.75. The third-order valence-corrected chi connectivity index (χ3v) is 3.96. The van der Waals surface area contributed by atoms with Crippen molar-refractivity contribution in [1.29, 1.82) is 0 Å². The van der Waals surface area contributed by atoms with Gasteiger partial charge in [-0.3, -0.25) is 4.57 Å². The Morgan fingerprint density at radius 1 is 1.32 bits per heavy atom. The van der Waals surface area contributed by atoms with Crippen molar-refractivity contribution in [3.05, 3.63) is 33.5 Å². The van der Waals surface area contributed by atoms with Gasteiger partial charge in [-0.25, -0.2) is 4.98 Å². The largest absolute Gasteiger partial charge is 0.481 e. The van der Waals surface area contributed by atoms with E-state index in [4.69, 9.17) is 22.1 Å². The molecule has 3 aromatic rings. The molecule has 0 aliphatic rings. The number of pyridine rings is 1. The highest BCUT2D eigenvalue weighted by molar-refractivity contribution is 7.16. The Morgan fingerprint density at radius 2 is 2.16 bits per heavy atom. The molecule has 0 saturated carbocycles. The van der Waals surface area contributed by atoms with Crippen LogP contribution in [-0.4, -0.2) is 21.6 Å². The first-order chi connectivity index (χ1) is 9.17. The van der Waals surface area contributed by atoms with Crippen LogP contribution in [-0.2, 0) is 6.54 Å². The Hall–Kier alpha value is -1.79. The number of nitrogens with two attached hydrogens (primary N) is 1. The van der Waals surface area contributed by atoms with Gasteiger partial charge in [0.1, 0.15) is 5.52 Å². The van der Waals surface area contributed by atoms with E-state index in [-0.39, 0.29) is 0 Å². The van der Waals surface area contributed by atoms with Gasteiger partial charge in [0.15, 0.2) is 5.65 Å². The van der Waals surface area contributed by atoms with Crippen molar-refractivity contribution >= 4 is 40.0 Å². The lowest BCUT2D eigenvalue weighted by Crippen LogP contribution is -2.04. The fourth-order valence-electron chi connectivity index (χ4n) is 1.86. The van der Waals surface area contributed by atoms with E-state index in [1.807, 2.05) is 22.8 Å². The highest BCUT2D eigenvalue weighted by Gasteiger charge is 2.12. The Labute approximate surface area is 118 Å². The zero-order valence-electron chi connectivity index (χ0n) is 10.1. The maximum atomic E-state index is 5.94. The summed E-state index contributed by atoms with van der Waals surface area (Å²) in [7, 11) is 1.58. The highest BCUT2D eigenvalue weighted by atomic mass is 35.5. The summed E-state index contributed by atoms with van der Waals surface area (Å²) >= 11 is 7.45. The summed E-state index contributed by atoms with van der Waals surface area (Å²) in [5.41, 5.74) is 7.40. The molecular formula is C12H11ClN4OS. The molecule has 5 nitrogen and oxygen atoms in total. The van der Waals surface area contributed by atoms with Gasteiger partial charge in [-0.05, 0) is 18.2 Å². The highest BCUT2D eigenvalue weighted by Crippen LogP contribution is 2.25. The summed E-state index contributed by atoms with van der Waals surface area (Å²) in [4.78, 5) is 9.77. The second-order valence-electron chi connectivity index (χ2n) is 3.96. The summed E-state index contributed by atoms with van der Waals surface area (Å²) in [6, 6.07) is 7.44. The molecule has 0 aromatic carbocycles. The standard InChI is InChI=1S/C12H11ClN4OS/c1-18-10-5-3-8-11(16-10)17(12(14)15-8)6-7-2-4-9(13)19-7/h2-5H,6H2,1H3,(H2,14,15). The molecule has 98 valence electrons. The van der Waals surface area contributed by atoms with Crippen LogP contribution in [0.3, 0.4) is 0 Å². The SMILES string of the molecule is COc1ccc2nc(N)n(Cc3ccc(Cl)s3)c2n1. The second kappa shape index (κ2) is 4.71. The molecule has 3 heterocycles. The number of halogens is 1. The first-order valence-electron chi connectivity index (χ1n) is 5.58. The van der Waals surface area contributed by atoms with E-state index in [0.717, 1.165) is 14.7 Å². The predicted octanol–water partition coefficient (Wildman–Crippen LogP) is 2.79. The molecule has 0 saturated heterocycles. The first-order valence-corrected chi connectivity index (χ1v) is 6.78. The number of methoxy groups -OCH3 is 1. The number of aromatic nitrogens is 3. The van der Waals surface area contributed by atoms with Crippen LogP contribution in [0.4, 0.5) is 5.95 Å². The lowest BCUT2D eigenvalue weighted by Gasteiger charge is -2.04. The molecule has 0 aliphatic carbocycles. The number of ether oxygens (including phenoxy) is 1. The molecular weight excluding hydrogens is 284 g/mol. The lowest BCUT2D eigenvalue weighted by atomic mass is 10.4. The number of nitrogen functional groups attached to an aromatic ring is 1. The molecule has 19 heavy (non-hydrogen) atoms. The fraction of sp³-hybridized carbons (Fsp3) is 0.167. The van der Waals surface area contributed by atoms with Crippen LogP contribution in [0.1, 0.15) is 4.88 Å². The van der Waals surface area contributed by atoms with Crippen molar-refractivity contribution in [2.75, 3.05) is 12.8 Å². The zero-order chi connectivity index (χ0) is 13.4. The van der Waals surface area contributed by atoms with Gasteiger partial charge in [0.25, 0.3) is 0 Å². The minimum Gasteiger partial charge on any atom is -0.481 e. The fourth-order valence-corrected chi connectivity index (χ4v) is 2.94. The van der Waals surface area contributed by atoms with Gasteiger partial charge in [-0.15, -0.1) is 11.3 Å². The van der Waals surface area contributed by atoms with Gasteiger partial charge in [0.2, 0.25) is 11.8 Å². The monoisotopic (exact) mass is 294 g/mol. The number of anilines is 1. The zero-order valence-corrected chi connectivity index (χ0v) is 11.7. The predicted molar refractivity (Wildman–Crippen MR) is 76.9 cm³/mol. The van der Waals surface area contributed by atoms with E-state index in [2.05, 4.69) is 9.97 Å². The Balaban J connectivity index is 2.08. The molecule has 0 unspecified atom stereocenters. The van der Waals surface area contributed by atoms with E-state index in [1.165, 1.54) is 11.3 Å². The molecule has 0 spiro atoms. The molecule has 0 aliphatic heterocycles. The van der Waals surface area contributed by atoms with Crippen molar-refractivity contribution in [3.63, 3.8) is 0 Å². The van der Waals surface area contributed by atoms with E-state index >= 15 is 0 Å². The minimum atomic E-state index is 0.431. The first kappa shape index (κ1) is 12.3. The summed E-state index contributed by atoms with van der Waals surface area (Å²) < 4.78 is 7.73. The number of fused-ring (bicyclic) bond motifs is 1. The number of nitrogens with zero attached hydrogens (tertiary/aromatic N) is 3. The quantitative estimate of drug-likeness (QED) is 0.806. The summed E-state index contributed by atoms with van der Waals surface area (Å²) in [5, 5.41) is 0. The molecule has 0 radical (unpaired) electrons. The number of hydrogen-bond acceptors (Lipinski definition) is 5. The van der Waals surface area contributed by atoms with Gasteiger partial charge in [-0.2, -0.15) is 4.98 Å². The molecule has 3 rings (SSSR count). The van der Waals surface area contributed by atoms with Gasteiger partial charge < -0.3 is 10.5 Å². The van der Waals surface area contributed by atoms with E-state index in [1.54, 1.807) is 13.2 Å². The average molecular weight is 295 g/mol. The van der Waals surface area contributed by atoms with Crippen molar-refractivity contribution < 1.29 is 4.74 Å². The smallest absolute Gasteiger partial charge is 0.215 e. The Kier molecular flexibility index (Phi) is 3.04. The van der Waals surface area contributed by atoms with Gasteiger partial charge in [-0.1, -0.05) is 11.6 Å². The van der Waals surface area contributed by atoms with E-state index < -0.39 is 0 Å². The molecule has 2 N–H and O–H groups in total. The topological polar surface area (TPSA) is 66.0 Å². The number of hydrogen-bond donors (Lipinski definition) is 1. The number of imidazole rings is 1. The van der Waals surface area contributed by atoms with Crippen LogP contribution in [0.25, 0.3) is 11.2 Å². The summed E-state index contributed by atoms with van der Waals surface area (Å²) in [6.45, 7) is 0.597. The average Bonchev–Trinajstić information content (AvgIpc) is 2.94. The van der Waals surface area contributed by atoms with Crippen LogP contribution < -0.4 is 10.5 Å². The van der Waals surface area contributed by atoms with Crippen molar-refractivity contribution in [2.24, 2.45) is 0 Å². The van der Waals surface area contributed by atoms with Crippen LogP contribution in [0.15, 0.2) is 24.3 Å². The normalized spacial score (nSPS) is 11.1. The molecule has 0 amide bonds. The molecule has 0 fully saturated rings. The molecule has 3 aromatic heterocycles. The number of rotatable bonds is 3. The summed E-state index contributed by atoms with van der Waals surface area (Å²) in [6.07, 6.45) is 0. The molecule has 7 heteroatoms. The van der Waals surface area contributed by atoms with E-state index in [0.29, 0.717) is 24.0 Å². The molecule has 0 atom stereocenters. The van der Waals surface area contributed by atoms with Crippen LogP contribution >= 0.6 is 22.9 Å². The van der Waals surface area contributed by atoms with Crippen LogP contribution in [0.5, 0.6) is 5.88 Å². The van der Waals surface area contributed by atoms with Gasteiger partial charge in [0.05, 0.1) is 18.0 Å². The Bertz CT molecular complexity index is 736. The van der Waals surface area contributed by atoms with Gasteiger partial charge >= 0.3 is 0 Å². The lowest BCUT2D eigenvalue weighted by molar-refractivity contribution is 0.399. The van der Waals surface area contributed by atoms with Gasteiger partial charge in [0, 0.05) is 10.9 Å². The Morgan fingerprint density at radius 3 is 2.84 bits per heavy atom. The van der Waals surface area contributed by atoms with Crippen molar-refractivity contribution in [3.8, 4) is 5.88 Å². The summed E-state index contributed by atoms with van der Waals surface area (Å²) in [5.74, 6) is 0.970. The maximum Gasteiger partial charge on any atom is 0.215 e. The second-order valence-corrected chi connectivity index (χ2v) is 5.76. The minimum absolute atomic E-state index is 0.431. The van der Waals surface area contributed by atoms with Crippen molar-refractivity contribution in [2.45, 2.75) is 6.54 Å². The molecule has 0 bridgehead atoms. The number of thiophene rings is 1. The van der Waals surface area contributed by atoms with Crippen molar-refractivity contribution in [1.82, 2.24) is 14.5 Å². The maximum absolute atomic E-state index is 5.94. The van der Waals surface area contributed by atoms with Crippen LogP contribution in [0, 0.1) is 0 Å². The van der Waals surface area contributed by atoms with Crippen LogP contribution in [0.2, 0.25) is 4.34 Å².